The molecule has 1 saturated heterocycles. The molecule has 0 atom stereocenters. The minimum Gasteiger partial charge on any atom is -0.493 e. The van der Waals surface area contributed by atoms with Crippen molar-refractivity contribution in [2.75, 3.05) is 19.0 Å². The van der Waals surface area contributed by atoms with Gasteiger partial charge in [0.25, 0.3) is 11.1 Å². The molecule has 1 aliphatic heterocycles. The predicted molar refractivity (Wildman–Crippen MR) is 149 cm³/mol. The summed E-state index contributed by atoms with van der Waals surface area (Å²) in [5, 5.41) is 11.6. The first-order valence-corrected chi connectivity index (χ1v) is 13.1. The van der Waals surface area contributed by atoms with E-state index in [1.165, 1.54) is 13.2 Å². The maximum Gasteiger partial charge on any atom is 0.294 e. The summed E-state index contributed by atoms with van der Waals surface area (Å²) in [5.41, 5.74) is 2.22. The molecule has 192 valence electrons. The summed E-state index contributed by atoms with van der Waals surface area (Å²) < 4.78 is 12.1. The Morgan fingerprint density at radius 2 is 1.92 bits per heavy atom. The Morgan fingerprint density at radius 3 is 2.63 bits per heavy atom. The average Bonchev–Trinajstić information content (AvgIpc) is 3.16. The summed E-state index contributed by atoms with van der Waals surface area (Å²) in [4.78, 5) is 38.8. The molecule has 0 bridgehead atoms. The molecule has 11 heteroatoms. The lowest BCUT2D eigenvalue weighted by atomic mass is 10.1. The van der Waals surface area contributed by atoms with Gasteiger partial charge in [-0.25, -0.2) is 0 Å². The summed E-state index contributed by atoms with van der Waals surface area (Å²) in [5.74, 6) is -0.502. The summed E-state index contributed by atoms with van der Waals surface area (Å²) >= 11 is 10.5. The molecule has 3 aromatic rings. The van der Waals surface area contributed by atoms with Gasteiger partial charge in [0.15, 0.2) is 11.5 Å². The van der Waals surface area contributed by atoms with Crippen molar-refractivity contribution in [1.29, 1.82) is 5.26 Å². The van der Waals surface area contributed by atoms with Gasteiger partial charge in [-0.05, 0) is 65.9 Å². The van der Waals surface area contributed by atoms with Crippen LogP contribution < -0.4 is 14.8 Å². The fourth-order valence-corrected chi connectivity index (χ4v) is 4.91. The van der Waals surface area contributed by atoms with Gasteiger partial charge in [-0.2, -0.15) is 5.26 Å². The van der Waals surface area contributed by atoms with Crippen molar-refractivity contribution >= 4 is 68.1 Å². The molecule has 0 aliphatic carbocycles. The Bertz CT molecular complexity index is 1490. The molecule has 0 aromatic heterocycles. The number of anilines is 1. The average molecular weight is 613 g/mol. The van der Waals surface area contributed by atoms with Crippen LogP contribution in [0.15, 0.2) is 70.0 Å². The second-order valence-electron chi connectivity index (χ2n) is 7.91. The third-order valence-electron chi connectivity index (χ3n) is 5.36. The standard InChI is InChI=1S/C27H19BrClN3O5S/c1-36-22-11-16(10-21(29)25(22)37-15-18-5-3-2-4-17(18)13-30)12-23-26(34)32(27(35)38-23)14-24(33)31-20-8-6-19(28)7-9-20/h2-12H,14-15H2,1H3,(H,31,33)/b23-12-. The fourth-order valence-electron chi connectivity index (χ4n) is 3.53. The van der Waals surface area contributed by atoms with Crippen LogP contribution in [-0.2, 0) is 16.2 Å². The lowest BCUT2D eigenvalue weighted by molar-refractivity contribution is -0.127. The molecule has 3 amide bonds. The molecule has 1 fully saturated rings. The van der Waals surface area contributed by atoms with Crippen molar-refractivity contribution in [1.82, 2.24) is 4.90 Å². The number of hydrogen-bond donors (Lipinski definition) is 1. The maximum absolute atomic E-state index is 12.9. The topological polar surface area (TPSA) is 109 Å². The highest BCUT2D eigenvalue weighted by molar-refractivity contribution is 9.10. The summed E-state index contributed by atoms with van der Waals surface area (Å²) in [6.45, 7) is -0.320. The number of imide groups is 1. The first-order chi connectivity index (χ1) is 18.3. The summed E-state index contributed by atoms with van der Waals surface area (Å²) in [6, 6.07) is 19.3. The number of benzene rings is 3. The van der Waals surface area contributed by atoms with Gasteiger partial charge in [0.2, 0.25) is 5.91 Å². The molecule has 0 unspecified atom stereocenters. The van der Waals surface area contributed by atoms with Crippen LogP contribution in [-0.4, -0.2) is 35.6 Å². The summed E-state index contributed by atoms with van der Waals surface area (Å²) in [6.07, 6.45) is 1.50. The van der Waals surface area contributed by atoms with Crippen molar-refractivity contribution in [3.8, 4) is 17.6 Å². The number of carbonyl (C=O) groups excluding carboxylic acids is 3. The van der Waals surface area contributed by atoms with Gasteiger partial charge in [-0.15, -0.1) is 0 Å². The molecular weight excluding hydrogens is 594 g/mol. The van der Waals surface area contributed by atoms with E-state index in [4.69, 9.17) is 21.1 Å². The van der Waals surface area contributed by atoms with Crippen molar-refractivity contribution in [3.05, 3.63) is 91.8 Å². The molecule has 1 heterocycles. The van der Waals surface area contributed by atoms with E-state index in [2.05, 4.69) is 27.3 Å². The van der Waals surface area contributed by atoms with E-state index in [-0.39, 0.29) is 22.3 Å². The van der Waals surface area contributed by atoms with Crippen LogP contribution in [0.2, 0.25) is 5.02 Å². The van der Waals surface area contributed by atoms with Crippen LogP contribution in [0.5, 0.6) is 11.5 Å². The molecule has 8 nitrogen and oxygen atoms in total. The van der Waals surface area contributed by atoms with Crippen molar-refractivity contribution in [2.45, 2.75) is 6.61 Å². The number of halogens is 2. The van der Waals surface area contributed by atoms with Crippen LogP contribution in [0.25, 0.3) is 6.08 Å². The van der Waals surface area contributed by atoms with E-state index in [9.17, 15) is 19.6 Å². The zero-order chi connectivity index (χ0) is 27.2. The highest BCUT2D eigenvalue weighted by Gasteiger charge is 2.36. The van der Waals surface area contributed by atoms with Crippen LogP contribution in [0.3, 0.4) is 0 Å². The lowest BCUT2D eigenvalue weighted by Crippen LogP contribution is -2.36. The van der Waals surface area contributed by atoms with Gasteiger partial charge in [-0.1, -0.05) is 45.7 Å². The minimum absolute atomic E-state index is 0.0976. The number of thioether (sulfide) groups is 1. The van der Waals surface area contributed by atoms with Crippen LogP contribution >= 0.6 is 39.3 Å². The van der Waals surface area contributed by atoms with E-state index < -0.39 is 23.6 Å². The number of nitriles is 1. The van der Waals surface area contributed by atoms with Gasteiger partial charge in [0.1, 0.15) is 13.2 Å². The number of carbonyl (C=O) groups is 3. The van der Waals surface area contributed by atoms with Gasteiger partial charge >= 0.3 is 0 Å². The van der Waals surface area contributed by atoms with Crippen LogP contribution in [0.1, 0.15) is 16.7 Å². The van der Waals surface area contributed by atoms with E-state index in [0.717, 1.165) is 21.1 Å². The Kier molecular flexibility index (Phi) is 8.73. The first-order valence-electron chi connectivity index (χ1n) is 11.1. The lowest BCUT2D eigenvalue weighted by Gasteiger charge is -2.14. The van der Waals surface area contributed by atoms with E-state index >= 15 is 0 Å². The first kappa shape index (κ1) is 27.3. The van der Waals surface area contributed by atoms with Crippen molar-refractivity contribution in [3.63, 3.8) is 0 Å². The number of methoxy groups -OCH3 is 1. The molecule has 0 radical (unpaired) electrons. The monoisotopic (exact) mass is 611 g/mol. The van der Waals surface area contributed by atoms with Crippen LogP contribution in [0, 0.1) is 11.3 Å². The Morgan fingerprint density at radius 1 is 1.18 bits per heavy atom. The third kappa shape index (κ3) is 6.37. The normalized spacial score (nSPS) is 13.9. The largest absolute Gasteiger partial charge is 0.493 e. The highest BCUT2D eigenvalue weighted by Crippen LogP contribution is 2.39. The number of nitrogens with one attached hydrogen (secondary N) is 1. The SMILES string of the molecule is COc1cc(/C=C2\SC(=O)N(CC(=O)Nc3ccc(Br)cc3)C2=O)cc(Cl)c1OCc1ccccc1C#N. The second-order valence-corrected chi connectivity index (χ2v) is 10.2. The minimum atomic E-state index is -0.588. The Labute approximate surface area is 236 Å². The fraction of sp³-hybridized carbons (Fsp3) is 0.111. The Hall–Kier alpha value is -3.78. The predicted octanol–water partition coefficient (Wildman–Crippen LogP) is 6.24. The Balaban J connectivity index is 1.48. The van der Waals surface area contributed by atoms with Gasteiger partial charge in [-0.3, -0.25) is 19.3 Å². The number of nitrogens with zero attached hydrogens (tertiary/aromatic N) is 2. The number of amides is 3. The highest BCUT2D eigenvalue weighted by atomic mass is 79.9. The van der Waals surface area contributed by atoms with E-state index in [1.807, 2.05) is 0 Å². The number of hydrogen-bond acceptors (Lipinski definition) is 7. The van der Waals surface area contributed by atoms with Crippen molar-refractivity contribution in [2.24, 2.45) is 0 Å². The molecule has 4 rings (SSSR count). The van der Waals surface area contributed by atoms with E-state index in [0.29, 0.717) is 28.1 Å². The molecule has 1 N–H and O–H groups in total. The number of rotatable bonds is 8. The quantitative estimate of drug-likeness (QED) is 0.300. The molecule has 0 saturated carbocycles. The van der Waals surface area contributed by atoms with Gasteiger partial charge in [0, 0.05) is 15.7 Å². The maximum atomic E-state index is 12.9. The molecule has 3 aromatic carbocycles. The molecule has 1 aliphatic rings. The zero-order valence-electron chi connectivity index (χ0n) is 19.9. The van der Waals surface area contributed by atoms with Crippen molar-refractivity contribution < 1.29 is 23.9 Å². The molecule has 38 heavy (non-hydrogen) atoms. The molecule has 0 spiro atoms. The number of ether oxygens (including phenoxy) is 2. The van der Waals surface area contributed by atoms with Crippen LogP contribution in [0.4, 0.5) is 10.5 Å². The second kappa shape index (κ2) is 12.2. The van der Waals surface area contributed by atoms with E-state index in [1.54, 1.807) is 60.7 Å². The summed E-state index contributed by atoms with van der Waals surface area (Å²) in [7, 11) is 1.45. The molecular formula is C27H19BrClN3O5S. The third-order valence-corrected chi connectivity index (χ3v) is 7.08. The zero-order valence-corrected chi connectivity index (χ0v) is 23.0. The smallest absolute Gasteiger partial charge is 0.294 e. The van der Waals surface area contributed by atoms with Gasteiger partial charge in [0.05, 0.1) is 28.7 Å². The van der Waals surface area contributed by atoms with Gasteiger partial charge < -0.3 is 14.8 Å².